The summed E-state index contributed by atoms with van der Waals surface area (Å²) in [6.45, 7) is 1.85. The van der Waals surface area contributed by atoms with E-state index in [1.165, 1.54) is 22.1 Å². The van der Waals surface area contributed by atoms with Gasteiger partial charge in [0.25, 0.3) is 0 Å². The van der Waals surface area contributed by atoms with Gasteiger partial charge in [0.1, 0.15) is 5.82 Å². The lowest BCUT2D eigenvalue weighted by atomic mass is 10.2. The van der Waals surface area contributed by atoms with Crippen molar-refractivity contribution in [1.82, 2.24) is 18.9 Å². The average molecular weight is 507 g/mol. The zero-order valence-corrected chi connectivity index (χ0v) is 17.2. The molecule has 26 heavy (non-hydrogen) atoms. The largest absolute Gasteiger partial charge is 0.367 e. The number of thioether (sulfide) groups is 1. The zero-order chi connectivity index (χ0) is 18.7. The first kappa shape index (κ1) is 19.3. The predicted octanol–water partition coefficient (Wildman–Crippen LogP) is 4.31. The van der Waals surface area contributed by atoms with Crippen molar-refractivity contribution in [3.05, 3.63) is 36.3 Å². The number of anilines is 1. The summed E-state index contributed by atoms with van der Waals surface area (Å²) in [7, 11) is 1.37. The molecule has 0 amide bonds. The van der Waals surface area contributed by atoms with E-state index >= 15 is 0 Å². The number of hydrogen-bond donors (Lipinski definition) is 1. The number of hydrogen-bond acceptors (Lipinski definition) is 7. The fourth-order valence-corrected chi connectivity index (χ4v) is 4.02. The molecular formula is C15H12F2IN5OS2. The van der Waals surface area contributed by atoms with E-state index in [-0.39, 0.29) is 16.8 Å². The minimum Gasteiger partial charge on any atom is -0.367 e. The van der Waals surface area contributed by atoms with Crippen LogP contribution in [0.1, 0.15) is 6.92 Å². The monoisotopic (exact) mass is 507 g/mol. The van der Waals surface area contributed by atoms with Gasteiger partial charge in [-0.05, 0) is 6.07 Å². The van der Waals surface area contributed by atoms with Gasteiger partial charge in [0.15, 0.2) is 28.2 Å². The maximum absolute atomic E-state index is 14.0. The highest BCUT2D eigenvalue weighted by Gasteiger charge is 2.16. The van der Waals surface area contributed by atoms with E-state index in [0.29, 0.717) is 28.9 Å². The average Bonchev–Trinajstić information content (AvgIpc) is 2.97. The molecular weight excluding hydrogens is 495 g/mol. The van der Waals surface area contributed by atoms with Gasteiger partial charge in [0.2, 0.25) is 0 Å². The molecule has 0 aliphatic heterocycles. The molecule has 11 heteroatoms. The van der Waals surface area contributed by atoms with Crippen molar-refractivity contribution in [2.24, 2.45) is 0 Å². The van der Waals surface area contributed by atoms with Crippen molar-refractivity contribution in [2.45, 2.75) is 6.92 Å². The lowest BCUT2D eigenvalue weighted by Crippen LogP contribution is -2.09. The Labute approximate surface area is 168 Å². The van der Waals surface area contributed by atoms with Gasteiger partial charge in [-0.15, -0.1) is 0 Å². The van der Waals surface area contributed by atoms with Gasteiger partial charge >= 0.3 is 0 Å². The fraction of sp³-hybridized carbons (Fsp3) is 0.200. The molecule has 1 N–H and O–H groups in total. The third-order valence-corrected chi connectivity index (χ3v) is 5.85. The maximum Gasteiger partial charge on any atom is 0.185 e. The van der Waals surface area contributed by atoms with E-state index in [1.807, 2.05) is 0 Å². The Morgan fingerprint density at radius 1 is 1.35 bits per heavy atom. The molecule has 0 atom stereocenters. The molecule has 0 fully saturated rings. The number of fused-ring (bicyclic) bond motifs is 1. The van der Waals surface area contributed by atoms with Crippen molar-refractivity contribution >= 4 is 64.1 Å². The maximum atomic E-state index is 14.0. The SMILES string of the molecule is CC(=O)SCCNc1nc(-c2cn(SI)c3ncc(F)cc23)ncc1F. The van der Waals surface area contributed by atoms with Crippen LogP contribution in [0.3, 0.4) is 0 Å². The molecule has 3 aromatic rings. The Bertz CT molecular complexity index is 969. The van der Waals surface area contributed by atoms with E-state index in [0.717, 1.165) is 24.2 Å². The van der Waals surface area contributed by atoms with Gasteiger partial charge in [-0.3, -0.25) is 8.77 Å². The predicted molar refractivity (Wildman–Crippen MR) is 109 cm³/mol. The molecule has 0 bridgehead atoms. The van der Waals surface area contributed by atoms with Gasteiger partial charge in [-0.2, -0.15) is 0 Å². The minimum absolute atomic E-state index is 0.00529. The molecule has 0 radical (unpaired) electrons. The van der Waals surface area contributed by atoms with Gasteiger partial charge in [-0.1, -0.05) is 11.8 Å². The summed E-state index contributed by atoms with van der Waals surface area (Å²) in [5.74, 6) is -0.288. The van der Waals surface area contributed by atoms with Crippen LogP contribution in [0.25, 0.3) is 22.4 Å². The number of carbonyl (C=O) groups is 1. The minimum atomic E-state index is -0.599. The highest BCUT2D eigenvalue weighted by molar-refractivity contribution is 14.2. The molecule has 3 aromatic heterocycles. The van der Waals surface area contributed by atoms with Crippen LogP contribution in [-0.2, 0) is 4.79 Å². The molecule has 0 saturated heterocycles. The van der Waals surface area contributed by atoms with E-state index in [9.17, 15) is 13.6 Å². The third-order valence-electron chi connectivity index (χ3n) is 3.34. The lowest BCUT2D eigenvalue weighted by molar-refractivity contribution is -0.109. The fourth-order valence-electron chi connectivity index (χ4n) is 2.27. The topological polar surface area (TPSA) is 72.7 Å². The molecule has 0 aliphatic carbocycles. The second-order valence-corrected chi connectivity index (χ2v) is 8.10. The normalized spacial score (nSPS) is 11.1. The standard InChI is InChI=1S/C15H12F2IN5OS2/c1-8(24)25-3-2-19-14-12(17)6-20-13(22-14)11-7-23(26-18)15-10(11)4-9(16)5-21-15/h4-7H,2-3H2,1H3,(H,19,20,22). The first-order valence-corrected chi connectivity index (χ1v) is 11.7. The first-order valence-electron chi connectivity index (χ1n) is 7.35. The van der Waals surface area contributed by atoms with Crippen LogP contribution in [0.2, 0.25) is 0 Å². The molecule has 3 rings (SSSR count). The second kappa shape index (κ2) is 8.48. The summed E-state index contributed by atoms with van der Waals surface area (Å²) in [5, 5.41) is 3.39. The van der Waals surface area contributed by atoms with Crippen LogP contribution in [0, 0.1) is 11.6 Å². The number of aromatic nitrogens is 4. The van der Waals surface area contributed by atoms with Gasteiger partial charge in [0, 0.05) is 66.7 Å². The van der Waals surface area contributed by atoms with Gasteiger partial charge in [0.05, 0.1) is 12.4 Å². The van der Waals surface area contributed by atoms with Crippen LogP contribution < -0.4 is 5.32 Å². The van der Waals surface area contributed by atoms with E-state index in [4.69, 9.17) is 0 Å². The summed E-state index contributed by atoms with van der Waals surface area (Å²) in [6, 6.07) is 1.35. The highest BCUT2D eigenvalue weighted by Crippen LogP contribution is 2.33. The number of nitrogens with one attached hydrogen (secondary N) is 1. The van der Waals surface area contributed by atoms with Crippen molar-refractivity contribution in [1.29, 1.82) is 0 Å². The summed E-state index contributed by atoms with van der Waals surface area (Å²) < 4.78 is 29.4. The number of nitrogens with zero attached hydrogens (tertiary/aromatic N) is 4. The Morgan fingerprint density at radius 3 is 2.88 bits per heavy atom. The number of carbonyl (C=O) groups excluding carboxylic acids is 1. The zero-order valence-electron chi connectivity index (χ0n) is 13.4. The molecule has 0 unspecified atom stereocenters. The molecule has 0 aromatic carbocycles. The molecule has 0 spiro atoms. The van der Waals surface area contributed by atoms with Crippen LogP contribution in [0.15, 0.2) is 24.7 Å². The molecule has 136 valence electrons. The van der Waals surface area contributed by atoms with Gasteiger partial charge in [-0.25, -0.2) is 23.7 Å². The lowest BCUT2D eigenvalue weighted by Gasteiger charge is -2.07. The Hall–Kier alpha value is -1.47. The quantitative estimate of drug-likeness (QED) is 0.394. The summed E-state index contributed by atoms with van der Waals surface area (Å²) in [6.07, 6.45) is 3.94. The Kier molecular flexibility index (Phi) is 6.29. The number of pyridine rings is 1. The number of rotatable bonds is 6. The van der Waals surface area contributed by atoms with Crippen LogP contribution in [-0.4, -0.2) is 36.3 Å². The molecule has 3 heterocycles. The van der Waals surface area contributed by atoms with Crippen molar-refractivity contribution in [3.63, 3.8) is 0 Å². The van der Waals surface area contributed by atoms with E-state index in [2.05, 4.69) is 41.5 Å². The molecule has 6 nitrogen and oxygen atoms in total. The second-order valence-electron chi connectivity index (χ2n) is 5.12. The van der Waals surface area contributed by atoms with Crippen molar-refractivity contribution in [3.8, 4) is 11.4 Å². The van der Waals surface area contributed by atoms with E-state index in [1.54, 1.807) is 10.2 Å². The molecule has 0 saturated carbocycles. The summed E-state index contributed by atoms with van der Waals surface area (Å²) in [4.78, 5) is 23.3. The van der Waals surface area contributed by atoms with Crippen LogP contribution >= 0.6 is 42.1 Å². The molecule has 0 aliphatic rings. The van der Waals surface area contributed by atoms with Crippen LogP contribution in [0.4, 0.5) is 14.6 Å². The highest BCUT2D eigenvalue weighted by atomic mass is 127. The summed E-state index contributed by atoms with van der Waals surface area (Å²) >= 11 is 3.23. The smallest absolute Gasteiger partial charge is 0.185 e. The van der Waals surface area contributed by atoms with E-state index < -0.39 is 11.6 Å². The van der Waals surface area contributed by atoms with Crippen LogP contribution in [0.5, 0.6) is 0 Å². The summed E-state index contributed by atoms with van der Waals surface area (Å²) in [5.41, 5.74) is 1.12. The van der Waals surface area contributed by atoms with Crippen molar-refractivity contribution in [2.75, 3.05) is 17.6 Å². The number of halogens is 3. The Balaban J connectivity index is 1.94. The Morgan fingerprint density at radius 2 is 2.15 bits per heavy atom. The van der Waals surface area contributed by atoms with Crippen molar-refractivity contribution < 1.29 is 13.6 Å². The van der Waals surface area contributed by atoms with Gasteiger partial charge < -0.3 is 5.32 Å². The first-order chi connectivity index (χ1) is 12.5. The third kappa shape index (κ3) is 4.26.